The van der Waals surface area contributed by atoms with E-state index in [2.05, 4.69) is 24.3 Å². The van der Waals surface area contributed by atoms with E-state index in [1.54, 1.807) is 6.07 Å². The Morgan fingerprint density at radius 3 is 2.52 bits per heavy atom. The zero-order valence-corrected chi connectivity index (χ0v) is 12.2. The average Bonchev–Trinajstić information content (AvgIpc) is 2.50. The van der Waals surface area contributed by atoms with Gasteiger partial charge in [-0.3, -0.25) is 0 Å². The lowest BCUT2D eigenvalue weighted by Crippen LogP contribution is -2.06. The minimum atomic E-state index is -0.241. The van der Waals surface area contributed by atoms with Crippen molar-refractivity contribution in [3.8, 4) is 5.75 Å². The summed E-state index contributed by atoms with van der Waals surface area (Å²) < 4.78 is 19.0. The van der Waals surface area contributed by atoms with Gasteiger partial charge in [-0.1, -0.05) is 30.3 Å². The van der Waals surface area contributed by atoms with Crippen LogP contribution in [0.25, 0.3) is 0 Å². The van der Waals surface area contributed by atoms with Crippen LogP contribution in [0.15, 0.2) is 48.5 Å². The molecule has 0 aliphatic heterocycles. The van der Waals surface area contributed by atoms with Crippen LogP contribution in [0.4, 0.5) is 4.39 Å². The van der Waals surface area contributed by atoms with Gasteiger partial charge in [0, 0.05) is 0 Å². The van der Waals surface area contributed by atoms with E-state index in [0.717, 1.165) is 30.6 Å². The Morgan fingerprint density at radius 1 is 0.952 bits per heavy atom. The first kappa shape index (κ1) is 15.5. The maximum atomic E-state index is 13.2. The summed E-state index contributed by atoms with van der Waals surface area (Å²) in [5, 5.41) is 0. The molecule has 2 N–H and O–H groups in total. The Labute approximate surface area is 125 Å². The normalized spacial score (nSPS) is 10.6. The molecule has 0 unspecified atom stereocenters. The summed E-state index contributed by atoms with van der Waals surface area (Å²) in [5.74, 6) is 0.511. The molecule has 0 atom stereocenters. The van der Waals surface area contributed by atoms with E-state index in [4.69, 9.17) is 10.5 Å². The van der Waals surface area contributed by atoms with Crippen molar-refractivity contribution in [2.45, 2.75) is 25.7 Å². The maximum absolute atomic E-state index is 13.2. The van der Waals surface area contributed by atoms with Crippen LogP contribution in [0.2, 0.25) is 0 Å². The smallest absolute Gasteiger partial charge is 0.123 e. The van der Waals surface area contributed by atoms with E-state index in [1.807, 2.05) is 6.07 Å². The van der Waals surface area contributed by atoms with Gasteiger partial charge in [-0.25, -0.2) is 4.39 Å². The number of aryl methyl sites for hydroxylation is 1. The predicted molar refractivity (Wildman–Crippen MR) is 84.0 cm³/mol. The van der Waals surface area contributed by atoms with Gasteiger partial charge in [0.1, 0.15) is 11.6 Å². The molecule has 112 valence electrons. The van der Waals surface area contributed by atoms with Crippen LogP contribution < -0.4 is 10.5 Å². The standard InChI is InChI=1S/C18H22FNO/c19-17-9-10-18(16(14-17)11-12-20)21-13-5-4-8-15-6-2-1-3-7-15/h1-3,6-7,9-10,14H,4-5,8,11-13,20H2. The Bertz CT molecular complexity index is 542. The second-order valence-electron chi connectivity index (χ2n) is 5.08. The van der Waals surface area contributed by atoms with Gasteiger partial charge in [-0.15, -0.1) is 0 Å². The molecule has 0 aromatic heterocycles. The minimum absolute atomic E-state index is 0.241. The molecule has 0 aliphatic rings. The van der Waals surface area contributed by atoms with Crippen LogP contribution in [0.1, 0.15) is 24.0 Å². The van der Waals surface area contributed by atoms with Crippen molar-refractivity contribution in [3.63, 3.8) is 0 Å². The molecular formula is C18H22FNO. The summed E-state index contributed by atoms with van der Waals surface area (Å²) in [4.78, 5) is 0. The fourth-order valence-electron chi connectivity index (χ4n) is 2.30. The monoisotopic (exact) mass is 287 g/mol. The molecular weight excluding hydrogens is 265 g/mol. The number of hydrogen-bond acceptors (Lipinski definition) is 2. The lowest BCUT2D eigenvalue weighted by atomic mass is 10.1. The molecule has 2 rings (SSSR count). The topological polar surface area (TPSA) is 35.2 Å². The van der Waals surface area contributed by atoms with Crippen molar-refractivity contribution in [1.82, 2.24) is 0 Å². The highest BCUT2D eigenvalue weighted by Crippen LogP contribution is 2.20. The summed E-state index contributed by atoms with van der Waals surface area (Å²) in [7, 11) is 0. The Morgan fingerprint density at radius 2 is 1.76 bits per heavy atom. The summed E-state index contributed by atoms with van der Waals surface area (Å²) in [6.07, 6.45) is 3.76. The van der Waals surface area contributed by atoms with Crippen LogP contribution in [0.5, 0.6) is 5.75 Å². The van der Waals surface area contributed by atoms with Gasteiger partial charge in [-0.2, -0.15) is 0 Å². The van der Waals surface area contributed by atoms with E-state index < -0.39 is 0 Å². The predicted octanol–water partition coefficient (Wildman–Crippen LogP) is 3.73. The lowest BCUT2D eigenvalue weighted by molar-refractivity contribution is 0.303. The van der Waals surface area contributed by atoms with E-state index in [0.29, 0.717) is 19.6 Å². The van der Waals surface area contributed by atoms with E-state index in [9.17, 15) is 4.39 Å². The second-order valence-corrected chi connectivity index (χ2v) is 5.08. The third kappa shape index (κ3) is 5.20. The number of ether oxygens (including phenoxy) is 1. The summed E-state index contributed by atoms with van der Waals surface area (Å²) >= 11 is 0. The summed E-state index contributed by atoms with van der Waals surface area (Å²) in [6.45, 7) is 1.14. The molecule has 0 spiro atoms. The van der Waals surface area contributed by atoms with Gasteiger partial charge in [0.05, 0.1) is 6.61 Å². The molecule has 2 aromatic carbocycles. The van der Waals surface area contributed by atoms with E-state index in [-0.39, 0.29) is 5.82 Å². The third-order valence-corrected chi connectivity index (χ3v) is 3.40. The van der Waals surface area contributed by atoms with E-state index in [1.165, 1.54) is 17.7 Å². The highest BCUT2D eigenvalue weighted by molar-refractivity contribution is 5.34. The molecule has 0 heterocycles. The third-order valence-electron chi connectivity index (χ3n) is 3.40. The molecule has 0 fully saturated rings. The highest BCUT2D eigenvalue weighted by Gasteiger charge is 2.05. The molecule has 2 nitrogen and oxygen atoms in total. The first-order valence-electron chi connectivity index (χ1n) is 7.45. The Balaban J connectivity index is 1.75. The lowest BCUT2D eigenvalue weighted by Gasteiger charge is -2.11. The number of rotatable bonds is 8. The summed E-state index contributed by atoms with van der Waals surface area (Å²) in [6, 6.07) is 15.1. The molecule has 0 saturated heterocycles. The number of nitrogens with two attached hydrogens (primary N) is 1. The summed E-state index contributed by atoms with van der Waals surface area (Å²) in [5.41, 5.74) is 7.74. The number of unbranched alkanes of at least 4 members (excludes halogenated alkanes) is 1. The Hall–Kier alpha value is -1.87. The van der Waals surface area contributed by atoms with Crippen molar-refractivity contribution in [2.75, 3.05) is 13.2 Å². The van der Waals surface area contributed by atoms with E-state index >= 15 is 0 Å². The largest absolute Gasteiger partial charge is 0.493 e. The molecule has 0 radical (unpaired) electrons. The van der Waals surface area contributed by atoms with Gasteiger partial charge in [-0.05, 0) is 61.6 Å². The fourth-order valence-corrected chi connectivity index (χ4v) is 2.30. The van der Waals surface area contributed by atoms with Gasteiger partial charge in [0.2, 0.25) is 0 Å². The highest BCUT2D eigenvalue weighted by atomic mass is 19.1. The number of hydrogen-bond donors (Lipinski definition) is 1. The van der Waals surface area contributed by atoms with Gasteiger partial charge < -0.3 is 10.5 Å². The van der Waals surface area contributed by atoms with Crippen molar-refractivity contribution in [3.05, 3.63) is 65.5 Å². The first-order chi connectivity index (χ1) is 10.3. The fraction of sp³-hybridized carbons (Fsp3) is 0.333. The quantitative estimate of drug-likeness (QED) is 0.751. The maximum Gasteiger partial charge on any atom is 0.123 e. The minimum Gasteiger partial charge on any atom is -0.493 e. The zero-order valence-electron chi connectivity index (χ0n) is 12.2. The Kier molecular flexibility index (Phi) is 6.22. The molecule has 0 aliphatic carbocycles. The second kappa shape index (κ2) is 8.42. The molecule has 0 bridgehead atoms. The van der Waals surface area contributed by atoms with Gasteiger partial charge in [0.25, 0.3) is 0 Å². The van der Waals surface area contributed by atoms with Crippen LogP contribution in [0, 0.1) is 5.82 Å². The van der Waals surface area contributed by atoms with Crippen molar-refractivity contribution < 1.29 is 9.13 Å². The number of halogens is 1. The van der Waals surface area contributed by atoms with Crippen LogP contribution in [-0.2, 0) is 12.8 Å². The molecule has 0 amide bonds. The van der Waals surface area contributed by atoms with Crippen LogP contribution in [-0.4, -0.2) is 13.2 Å². The molecule has 2 aromatic rings. The zero-order chi connectivity index (χ0) is 14.9. The van der Waals surface area contributed by atoms with Crippen molar-refractivity contribution in [2.24, 2.45) is 5.73 Å². The molecule has 21 heavy (non-hydrogen) atoms. The number of benzene rings is 2. The van der Waals surface area contributed by atoms with Crippen molar-refractivity contribution >= 4 is 0 Å². The first-order valence-corrected chi connectivity index (χ1v) is 7.45. The van der Waals surface area contributed by atoms with Gasteiger partial charge in [0.15, 0.2) is 0 Å². The van der Waals surface area contributed by atoms with Gasteiger partial charge >= 0.3 is 0 Å². The molecule has 3 heteroatoms. The average molecular weight is 287 g/mol. The van der Waals surface area contributed by atoms with Crippen molar-refractivity contribution in [1.29, 1.82) is 0 Å². The SMILES string of the molecule is NCCc1cc(F)ccc1OCCCCc1ccccc1. The molecule has 0 saturated carbocycles. The van der Waals surface area contributed by atoms with Crippen LogP contribution in [0.3, 0.4) is 0 Å². The van der Waals surface area contributed by atoms with Crippen LogP contribution >= 0.6 is 0 Å².